The number of pyridine rings is 1. The van der Waals surface area contributed by atoms with Crippen LogP contribution in [0.15, 0.2) is 41.3 Å². The summed E-state index contributed by atoms with van der Waals surface area (Å²) < 4.78 is 22.7. The van der Waals surface area contributed by atoms with Gasteiger partial charge in [-0.3, -0.25) is 0 Å². The van der Waals surface area contributed by atoms with Crippen molar-refractivity contribution >= 4 is 32.9 Å². The molecule has 0 fully saturated rings. The fraction of sp³-hybridized carbons (Fsp3) is 0.154. The lowest BCUT2D eigenvalue weighted by Crippen LogP contribution is -2.03. The predicted molar refractivity (Wildman–Crippen MR) is 80.5 cm³/mol. The number of nitrogens with zero attached hydrogens (tertiary/aromatic N) is 1. The smallest absolute Gasteiger partial charge is 0.175 e. The van der Waals surface area contributed by atoms with Crippen molar-refractivity contribution in [3.05, 3.63) is 47.1 Å². The second-order valence-electron chi connectivity index (χ2n) is 4.38. The lowest BCUT2D eigenvalue weighted by atomic mass is 10.2. The molecule has 0 spiro atoms. The highest BCUT2D eigenvalue weighted by atomic mass is 35.5. The SMILES string of the molecule is CS(=O)(=O)c1ccc(CNc2cc(N)cc(Cl)n2)cc1. The van der Waals surface area contributed by atoms with Crippen molar-refractivity contribution in [2.75, 3.05) is 17.3 Å². The van der Waals surface area contributed by atoms with Crippen LogP contribution in [-0.4, -0.2) is 19.7 Å². The van der Waals surface area contributed by atoms with Crippen molar-refractivity contribution in [3.63, 3.8) is 0 Å². The number of nitrogens with one attached hydrogen (secondary N) is 1. The average Bonchev–Trinajstić information content (AvgIpc) is 2.35. The van der Waals surface area contributed by atoms with Gasteiger partial charge < -0.3 is 11.1 Å². The van der Waals surface area contributed by atoms with E-state index in [1.165, 1.54) is 6.26 Å². The zero-order valence-electron chi connectivity index (χ0n) is 10.8. The van der Waals surface area contributed by atoms with E-state index in [0.29, 0.717) is 28.1 Å². The van der Waals surface area contributed by atoms with Crippen molar-refractivity contribution in [1.29, 1.82) is 0 Å². The zero-order valence-corrected chi connectivity index (χ0v) is 12.4. The first kappa shape index (κ1) is 14.6. The molecule has 1 aromatic carbocycles. The van der Waals surface area contributed by atoms with Crippen LogP contribution in [0.4, 0.5) is 11.5 Å². The Morgan fingerprint density at radius 2 is 1.90 bits per heavy atom. The zero-order chi connectivity index (χ0) is 14.8. The molecule has 1 aromatic heterocycles. The van der Waals surface area contributed by atoms with Crippen LogP contribution in [0.25, 0.3) is 0 Å². The summed E-state index contributed by atoms with van der Waals surface area (Å²) in [7, 11) is -3.16. The Morgan fingerprint density at radius 1 is 1.25 bits per heavy atom. The molecule has 0 radical (unpaired) electrons. The maximum absolute atomic E-state index is 11.3. The van der Waals surface area contributed by atoms with Crippen molar-refractivity contribution in [3.8, 4) is 0 Å². The second kappa shape index (κ2) is 5.68. The number of benzene rings is 1. The minimum atomic E-state index is -3.16. The molecule has 20 heavy (non-hydrogen) atoms. The van der Waals surface area contributed by atoms with Gasteiger partial charge in [-0.1, -0.05) is 23.7 Å². The van der Waals surface area contributed by atoms with E-state index in [0.717, 1.165) is 5.56 Å². The fourth-order valence-electron chi connectivity index (χ4n) is 1.65. The molecule has 0 atom stereocenters. The van der Waals surface area contributed by atoms with Crippen LogP contribution in [0.5, 0.6) is 0 Å². The highest BCUT2D eigenvalue weighted by molar-refractivity contribution is 7.90. The van der Waals surface area contributed by atoms with Gasteiger partial charge >= 0.3 is 0 Å². The van der Waals surface area contributed by atoms with Crippen molar-refractivity contribution in [2.24, 2.45) is 0 Å². The molecule has 0 bridgehead atoms. The standard InChI is InChI=1S/C13H14ClN3O2S/c1-20(18,19)11-4-2-9(3-5-11)8-16-13-7-10(15)6-12(14)17-13/h2-7H,8H2,1H3,(H3,15,16,17). The molecule has 1 heterocycles. The van der Waals surface area contributed by atoms with Crippen LogP contribution >= 0.6 is 11.6 Å². The molecule has 0 amide bonds. The van der Waals surface area contributed by atoms with Gasteiger partial charge in [0.2, 0.25) is 0 Å². The van der Waals surface area contributed by atoms with E-state index in [1.54, 1.807) is 36.4 Å². The summed E-state index contributed by atoms with van der Waals surface area (Å²) in [6.07, 6.45) is 1.18. The minimum absolute atomic E-state index is 0.298. The highest BCUT2D eigenvalue weighted by Crippen LogP contribution is 2.17. The predicted octanol–water partition coefficient (Wildman–Crippen LogP) is 2.33. The van der Waals surface area contributed by atoms with Crippen molar-refractivity contribution in [1.82, 2.24) is 4.98 Å². The monoisotopic (exact) mass is 311 g/mol. The van der Waals surface area contributed by atoms with Gasteiger partial charge in [-0.15, -0.1) is 0 Å². The lowest BCUT2D eigenvalue weighted by molar-refractivity contribution is 0.602. The van der Waals surface area contributed by atoms with E-state index in [9.17, 15) is 8.42 Å². The summed E-state index contributed by atoms with van der Waals surface area (Å²) in [6, 6.07) is 9.89. The summed E-state index contributed by atoms with van der Waals surface area (Å²) in [4.78, 5) is 4.38. The third-order valence-electron chi connectivity index (χ3n) is 2.64. The second-order valence-corrected chi connectivity index (χ2v) is 6.78. The molecule has 0 aliphatic carbocycles. The van der Waals surface area contributed by atoms with E-state index in [2.05, 4.69) is 10.3 Å². The van der Waals surface area contributed by atoms with Crippen LogP contribution in [0.1, 0.15) is 5.56 Å². The summed E-state index contributed by atoms with van der Waals surface area (Å²) in [5, 5.41) is 3.40. The summed E-state index contributed by atoms with van der Waals surface area (Å²) in [5.74, 6) is 0.571. The number of sulfone groups is 1. The van der Waals surface area contributed by atoms with Gasteiger partial charge in [-0.25, -0.2) is 13.4 Å². The topological polar surface area (TPSA) is 85.1 Å². The van der Waals surface area contributed by atoms with Gasteiger partial charge in [0.15, 0.2) is 9.84 Å². The number of hydrogen-bond donors (Lipinski definition) is 2. The Kier molecular flexibility index (Phi) is 4.15. The van der Waals surface area contributed by atoms with Gasteiger partial charge in [0.25, 0.3) is 0 Å². The van der Waals surface area contributed by atoms with Crippen LogP contribution in [0.3, 0.4) is 0 Å². The van der Waals surface area contributed by atoms with E-state index in [1.807, 2.05) is 0 Å². The number of nitrogens with two attached hydrogens (primary N) is 1. The molecule has 0 saturated heterocycles. The first-order valence-corrected chi connectivity index (χ1v) is 8.07. The third kappa shape index (κ3) is 3.85. The maximum Gasteiger partial charge on any atom is 0.175 e. The summed E-state index contributed by atoms with van der Waals surface area (Å²) >= 11 is 5.81. The van der Waals surface area contributed by atoms with E-state index >= 15 is 0 Å². The molecule has 0 saturated carbocycles. The Morgan fingerprint density at radius 3 is 2.45 bits per heavy atom. The van der Waals surface area contributed by atoms with Gasteiger partial charge in [-0.05, 0) is 23.8 Å². The highest BCUT2D eigenvalue weighted by Gasteiger charge is 2.06. The van der Waals surface area contributed by atoms with Crippen LogP contribution in [-0.2, 0) is 16.4 Å². The van der Waals surface area contributed by atoms with E-state index in [4.69, 9.17) is 17.3 Å². The van der Waals surface area contributed by atoms with Crippen molar-refractivity contribution in [2.45, 2.75) is 11.4 Å². The van der Waals surface area contributed by atoms with Crippen molar-refractivity contribution < 1.29 is 8.42 Å². The van der Waals surface area contributed by atoms with Gasteiger partial charge in [0, 0.05) is 24.6 Å². The largest absolute Gasteiger partial charge is 0.399 e. The Bertz CT molecular complexity index is 695. The molecule has 0 unspecified atom stereocenters. The lowest BCUT2D eigenvalue weighted by Gasteiger charge is -2.07. The summed E-state index contributed by atoms with van der Waals surface area (Å²) in [5.41, 5.74) is 7.12. The molecule has 2 rings (SSSR count). The fourth-order valence-corrected chi connectivity index (χ4v) is 2.50. The number of anilines is 2. The van der Waals surface area contributed by atoms with Gasteiger partial charge in [0.1, 0.15) is 11.0 Å². The first-order valence-electron chi connectivity index (χ1n) is 5.80. The molecule has 2 aromatic rings. The molecule has 5 nitrogen and oxygen atoms in total. The number of hydrogen-bond acceptors (Lipinski definition) is 5. The normalized spacial score (nSPS) is 11.3. The van der Waals surface area contributed by atoms with Gasteiger partial charge in [0.05, 0.1) is 4.90 Å². The maximum atomic E-state index is 11.3. The average molecular weight is 312 g/mol. The molecule has 106 valence electrons. The van der Waals surface area contributed by atoms with E-state index in [-0.39, 0.29) is 0 Å². The quantitative estimate of drug-likeness (QED) is 0.846. The molecule has 3 N–H and O–H groups in total. The van der Waals surface area contributed by atoms with Gasteiger partial charge in [-0.2, -0.15) is 0 Å². The Hall–Kier alpha value is -1.79. The number of aromatic nitrogens is 1. The molecule has 7 heteroatoms. The van der Waals surface area contributed by atoms with Crippen LogP contribution in [0, 0.1) is 0 Å². The molecular weight excluding hydrogens is 298 g/mol. The van der Waals surface area contributed by atoms with Crippen LogP contribution in [0.2, 0.25) is 5.15 Å². The minimum Gasteiger partial charge on any atom is -0.399 e. The summed E-state index contributed by atoms with van der Waals surface area (Å²) in [6.45, 7) is 0.497. The first-order chi connectivity index (χ1) is 9.34. The Labute approximate surface area is 122 Å². The Balaban J connectivity index is 2.07. The molecule has 0 aliphatic rings. The number of halogens is 1. The van der Waals surface area contributed by atoms with Crippen LogP contribution < -0.4 is 11.1 Å². The van der Waals surface area contributed by atoms with E-state index < -0.39 is 9.84 Å². The third-order valence-corrected chi connectivity index (χ3v) is 3.96. The number of nitrogen functional groups attached to an aromatic ring is 1. The molecular formula is C13H14ClN3O2S. The number of rotatable bonds is 4. The molecule has 0 aliphatic heterocycles.